The number of rotatable bonds is 2. The van der Waals surface area contributed by atoms with Crippen LogP contribution < -0.4 is 0 Å². The smallest absolute Gasteiger partial charge is 0.396 e. The van der Waals surface area contributed by atoms with Crippen molar-refractivity contribution in [3.8, 4) is 0 Å². The summed E-state index contributed by atoms with van der Waals surface area (Å²) in [6.45, 7) is 0.184. The van der Waals surface area contributed by atoms with Gasteiger partial charge in [-0.15, -0.1) is 0 Å². The van der Waals surface area contributed by atoms with Crippen LogP contribution in [0, 0.1) is 26.7 Å². The molecule has 2 aliphatic carbocycles. The molecule has 0 aromatic heterocycles. The van der Waals surface area contributed by atoms with E-state index in [9.17, 15) is 4.79 Å². The van der Waals surface area contributed by atoms with Crippen LogP contribution in [0.2, 0.25) is 0 Å². The summed E-state index contributed by atoms with van der Waals surface area (Å²) in [5.74, 6) is 0.414. The van der Waals surface area contributed by atoms with E-state index in [0.717, 1.165) is 25.5 Å². The number of aliphatic hydroxyl groups excluding tert-OH is 1. The summed E-state index contributed by atoms with van der Waals surface area (Å²) in [7, 11) is 0. The number of hydrogen-bond acceptors (Lipinski definition) is 2. The molecule has 17 heavy (non-hydrogen) atoms. The molecule has 1 N–H and O–H groups in total. The van der Waals surface area contributed by atoms with E-state index in [0.29, 0.717) is 0 Å². The summed E-state index contributed by atoms with van der Waals surface area (Å²) in [4.78, 5) is 10.3. The summed E-state index contributed by atoms with van der Waals surface area (Å²) >= 11 is 0. The molecule has 2 nitrogen and oxygen atoms in total. The fourth-order valence-electron chi connectivity index (χ4n) is 2.36. The molecule has 104 valence electrons. The van der Waals surface area contributed by atoms with Crippen molar-refractivity contribution in [2.75, 3.05) is 6.61 Å². The Balaban J connectivity index is -0.000000216. The second kappa shape index (κ2) is 14.2. The van der Waals surface area contributed by atoms with Crippen LogP contribution in [0.3, 0.4) is 0 Å². The van der Waals surface area contributed by atoms with Crippen LogP contribution in [0.5, 0.6) is 0 Å². The van der Waals surface area contributed by atoms with E-state index in [1.54, 1.807) is 0 Å². The minimum absolute atomic E-state index is 0. The predicted octanol–water partition coefficient (Wildman–Crippen LogP) is 3.44. The van der Waals surface area contributed by atoms with Crippen LogP contribution in [-0.4, -0.2) is 18.0 Å². The van der Waals surface area contributed by atoms with E-state index in [-0.39, 0.29) is 50.4 Å². The number of hydrogen-bond donors (Lipinski definition) is 1. The fraction of sp³-hybridized carbons (Fsp3) is 0.786. The van der Waals surface area contributed by atoms with Crippen molar-refractivity contribution in [3.05, 3.63) is 14.9 Å². The Kier molecular flexibility index (Phi) is 18.7. The van der Waals surface area contributed by atoms with Crippen LogP contribution in [0.4, 0.5) is 0 Å². The Labute approximate surface area is 118 Å². The summed E-state index contributed by atoms with van der Waals surface area (Å²) in [6.07, 6.45) is 11.6. The van der Waals surface area contributed by atoms with Crippen LogP contribution in [-0.2, 0) is 21.9 Å². The minimum atomic E-state index is 0. The van der Waals surface area contributed by atoms with Crippen molar-refractivity contribution in [1.29, 1.82) is 0 Å². The number of aliphatic hydroxyl groups is 1. The number of carbonyl (C=O) groups is 1. The maximum Gasteiger partial charge on any atom is 2.00 e. The molecule has 0 saturated heterocycles. The molecule has 0 aliphatic heterocycles. The zero-order valence-electron chi connectivity index (χ0n) is 11.3. The molecule has 0 aromatic rings. The molecular formula is C14H28FeO2. The van der Waals surface area contributed by atoms with Gasteiger partial charge in [-0.1, -0.05) is 38.5 Å². The maximum atomic E-state index is 10.3. The molecule has 3 heteroatoms. The first-order valence-corrected chi connectivity index (χ1v) is 5.94. The van der Waals surface area contributed by atoms with Gasteiger partial charge in [-0.3, -0.25) is 0 Å². The molecular weight excluding hydrogens is 256 g/mol. The van der Waals surface area contributed by atoms with E-state index in [2.05, 4.69) is 0 Å². The van der Waals surface area contributed by atoms with E-state index in [1.807, 2.05) is 0 Å². The van der Waals surface area contributed by atoms with Gasteiger partial charge in [0.1, 0.15) is 6.29 Å². The number of carbonyl (C=O) groups excluding carboxylic acids is 1. The van der Waals surface area contributed by atoms with E-state index < -0.39 is 0 Å². The molecule has 0 spiro atoms. The van der Waals surface area contributed by atoms with E-state index in [4.69, 9.17) is 5.11 Å². The van der Waals surface area contributed by atoms with Gasteiger partial charge < -0.3 is 24.8 Å². The van der Waals surface area contributed by atoms with Gasteiger partial charge in [0.05, 0.1) is 0 Å². The number of aldehydes is 1. The molecule has 2 aliphatic rings. The van der Waals surface area contributed by atoms with Gasteiger partial charge in [-0.25, -0.2) is 0 Å². The van der Waals surface area contributed by atoms with Crippen LogP contribution in [0.1, 0.15) is 51.4 Å². The maximum absolute atomic E-state index is 10.3. The van der Waals surface area contributed by atoms with E-state index in [1.165, 1.54) is 32.1 Å². The molecule has 2 unspecified atom stereocenters. The van der Waals surface area contributed by atoms with Gasteiger partial charge in [-0.05, 0) is 18.8 Å². The van der Waals surface area contributed by atoms with Gasteiger partial charge in [0.25, 0.3) is 0 Å². The third kappa shape index (κ3) is 8.82. The molecule has 0 radical (unpaired) electrons. The molecule has 2 fully saturated rings. The van der Waals surface area contributed by atoms with Crippen molar-refractivity contribution in [1.82, 2.24) is 0 Å². The van der Waals surface area contributed by atoms with Crippen LogP contribution in [0.25, 0.3) is 0 Å². The Morgan fingerprint density at radius 1 is 0.941 bits per heavy atom. The summed E-state index contributed by atoms with van der Waals surface area (Å²) in [5, 5.41) is 8.71. The second-order valence-electron chi connectivity index (χ2n) is 4.44. The standard InChI is InChI=1S/C7H12O2.C5H10.2CH3.Fe/c8-4-6-2-1-3-7(6)5-9;1-2-4-5-3-1;;;/h4,6-7,9H,1-3,5H2;1-5H2;2*1H3;/q;;2*-1;+2. The SMILES string of the molecule is C1CCCC1.O=CC1CCCC1CO.[CH3-].[CH3-].[Fe+2]. The third-order valence-electron chi connectivity index (χ3n) is 3.38. The average Bonchev–Trinajstić information content (AvgIpc) is 2.91. The summed E-state index contributed by atoms with van der Waals surface area (Å²) in [5.41, 5.74) is 0. The normalized spacial score (nSPS) is 25.5. The monoisotopic (exact) mass is 284 g/mol. The second-order valence-corrected chi connectivity index (χ2v) is 4.44. The Morgan fingerprint density at radius 2 is 1.41 bits per heavy atom. The molecule has 2 atom stereocenters. The molecule has 0 amide bonds. The summed E-state index contributed by atoms with van der Waals surface area (Å²) in [6, 6.07) is 0. The molecule has 2 rings (SSSR count). The van der Waals surface area contributed by atoms with Gasteiger partial charge >= 0.3 is 17.1 Å². The van der Waals surface area contributed by atoms with Gasteiger partial charge in [0, 0.05) is 12.5 Å². The topological polar surface area (TPSA) is 37.3 Å². The first kappa shape index (κ1) is 22.3. The third-order valence-corrected chi connectivity index (χ3v) is 3.38. The molecule has 0 heterocycles. The molecule has 2 saturated carbocycles. The van der Waals surface area contributed by atoms with E-state index >= 15 is 0 Å². The fourth-order valence-corrected chi connectivity index (χ4v) is 2.36. The van der Waals surface area contributed by atoms with Crippen LogP contribution >= 0.6 is 0 Å². The average molecular weight is 284 g/mol. The quantitative estimate of drug-likeness (QED) is 0.479. The van der Waals surface area contributed by atoms with Gasteiger partial charge in [-0.2, -0.15) is 0 Å². The first-order chi connectivity index (χ1) is 6.88. The van der Waals surface area contributed by atoms with Crippen molar-refractivity contribution in [2.24, 2.45) is 11.8 Å². The Morgan fingerprint density at radius 3 is 1.71 bits per heavy atom. The Bertz CT molecular complexity index is 151. The zero-order valence-corrected chi connectivity index (χ0v) is 12.4. The van der Waals surface area contributed by atoms with Crippen molar-refractivity contribution < 1.29 is 27.0 Å². The Hall–Kier alpha value is 0.149. The predicted molar refractivity (Wildman–Crippen MR) is 69.9 cm³/mol. The van der Waals surface area contributed by atoms with Crippen molar-refractivity contribution in [2.45, 2.75) is 51.4 Å². The van der Waals surface area contributed by atoms with Crippen molar-refractivity contribution >= 4 is 6.29 Å². The van der Waals surface area contributed by atoms with Gasteiger partial charge in [0.15, 0.2) is 0 Å². The zero-order chi connectivity index (χ0) is 10.2. The summed E-state index contributed by atoms with van der Waals surface area (Å²) < 4.78 is 0. The minimum Gasteiger partial charge on any atom is -0.396 e. The first-order valence-electron chi connectivity index (χ1n) is 5.94. The molecule has 0 aromatic carbocycles. The largest absolute Gasteiger partial charge is 2.00 e. The van der Waals surface area contributed by atoms with Gasteiger partial charge in [0.2, 0.25) is 0 Å². The van der Waals surface area contributed by atoms with Crippen molar-refractivity contribution in [3.63, 3.8) is 0 Å². The van der Waals surface area contributed by atoms with Crippen LogP contribution in [0.15, 0.2) is 0 Å². The molecule has 0 bridgehead atoms.